The molecule has 0 aliphatic carbocycles. The van der Waals surface area contributed by atoms with Gasteiger partial charge in [-0.3, -0.25) is 0 Å². The van der Waals surface area contributed by atoms with Gasteiger partial charge >= 0.3 is 5.97 Å². The highest BCUT2D eigenvalue weighted by atomic mass is 16.4. The van der Waals surface area contributed by atoms with Crippen LogP contribution in [0.1, 0.15) is 6.92 Å². The third kappa shape index (κ3) is 1.90. The minimum atomic E-state index is -0.965. The van der Waals surface area contributed by atoms with Crippen molar-refractivity contribution in [2.75, 3.05) is 0 Å². The molecule has 0 rings (SSSR count). The van der Waals surface area contributed by atoms with Crippen LogP contribution >= 0.6 is 0 Å². The molecule has 10 heavy (non-hydrogen) atoms. The van der Waals surface area contributed by atoms with Crippen molar-refractivity contribution in [1.82, 2.24) is 0 Å². The Bertz CT molecular complexity index is 199. The number of rotatable bonds is 3. The fourth-order valence-corrected chi connectivity index (χ4v) is 0.527. The summed E-state index contributed by atoms with van der Waals surface area (Å²) in [4.78, 5) is 10.4. The third-order valence-corrected chi connectivity index (χ3v) is 1.17. The quantitative estimate of drug-likeness (QED) is 0.476. The SMILES string of the molecule is C=C/C(C)=C(/C=C)C(=O)O. The van der Waals surface area contributed by atoms with Gasteiger partial charge in [0.1, 0.15) is 0 Å². The maximum atomic E-state index is 10.4. The maximum Gasteiger partial charge on any atom is 0.335 e. The standard InChI is InChI=1S/C8H10O2/c1-4-6(3)7(5-2)8(9)10/h4-5H,1-2H2,3H3,(H,9,10)/b7-6-. The van der Waals surface area contributed by atoms with Crippen molar-refractivity contribution in [2.24, 2.45) is 0 Å². The van der Waals surface area contributed by atoms with Crippen molar-refractivity contribution >= 4 is 5.97 Å². The molecule has 1 N–H and O–H groups in total. The second-order valence-corrected chi connectivity index (χ2v) is 1.81. The van der Waals surface area contributed by atoms with Crippen molar-refractivity contribution in [2.45, 2.75) is 6.92 Å². The summed E-state index contributed by atoms with van der Waals surface area (Å²) >= 11 is 0. The Morgan fingerprint density at radius 2 is 1.90 bits per heavy atom. The molecule has 0 aromatic carbocycles. The highest BCUT2D eigenvalue weighted by Crippen LogP contribution is 2.05. The first-order valence-electron chi connectivity index (χ1n) is 2.82. The molecule has 0 saturated carbocycles. The normalized spacial score (nSPS) is 11.7. The van der Waals surface area contributed by atoms with Gasteiger partial charge in [-0.1, -0.05) is 25.3 Å². The molecule has 0 aliphatic heterocycles. The summed E-state index contributed by atoms with van der Waals surface area (Å²) in [6.45, 7) is 8.49. The summed E-state index contributed by atoms with van der Waals surface area (Å²) in [6.07, 6.45) is 2.80. The zero-order chi connectivity index (χ0) is 8.15. The summed E-state index contributed by atoms with van der Waals surface area (Å²) in [6, 6.07) is 0. The first-order valence-corrected chi connectivity index (χ1v) is 2.82. The molecule has 0 unspecified atom stereocenters. The zero-order valence-electron chi connectivity index (χ0n) is 5.92. The van der Waals surface area contributed by atoms with Gasteiger partial charge in [0.25, 0.3) is 0 Å². The third-order valence-electron chi connectivity index (χ3n) is 1.17. The molecule has 0 atom stereocenters. The van der Waals surface area contributed by atoms with Gasteiger partial charge in [0.2, 0.25) is 0 Å². The summed E-state index contributed by atoms with van der Waals surface area (Å²) in [5, 5.41) is 8.50. The van der Waals surface area contributed by atoms with E-state index in [2.05, 4.69) is 13.2 Å². The van der Waals surface area contributed by atoms with E-state index in [0.29, 0.717) is 5.57 Å². The molecule has 2 nitrogen and oxygen atoms in total. The molecule has 0 saturated heterocycles. The van der Waals surface area contributed by atoms with Crippen molar-refractivity contribution in [1.29, 1.82) is 0 Å². The van der Waals surface area contributed by atoms with Gasteiger partial charge in [0.15, 0.2) is 0 Å². The lowest BCUT2D eigenvalue weighted by Gasteiger charge is -1.95. The zero-order valence-corrected chi connectivity index (χ0v) is 5.92. The van der Waals surface area contributed by atoms with Crippen LogP contribution in [0.2, 0.25) is 0 Å². The predicted molar refractivity (Wildman–Crippen MR) is 40.7 cm³/mol. The molecule has 54 valence electrons. The molecule has 0 radical (unpaired) electrons. The van der Waals surface area contributed by atoms with Crippen LogP contribution in [0.3, 0.4) is 0 Å². The second kappa shape index (κ2) is 3.67. The van der Waals surface area contributed by atoms with Crippen LogP contribution in [0.4, 0.5) is 0 Å². The van der Waals surface area contributed by atoms with Gasteiger partial charge in [-0.15, -0.1) is 0 Å². The van der Waals surface area contributed by atoms with Gasteiger partial charge in [0.05, 0.1) is 5.57 Å². The topological polar surface area (TPSA) is 37.3 Å². The van der Waals surface area contributed by atoms with E-state index in [1.165, 1.54) is 12.2 Å². The molecule has 2 heteroatoms. The van der Waals surface area contributed by atoms with Crippen LogP contribution in [0, 0.1) is 0 Å². The van der Waals surface area contributed by atoms with Crippen LogP contribution in [0.25, 0.3) is 0 Å². The van der Waals surface area contributed by atoms with Gasteiger partial charge in [0, 0.05) is 0 Å². The lowest BCUT2D eigenvalue weighted by atomic mass is 10.1. The number of aliphatic carboxylic acids is 1. The van der Waals surface area contributed by atoms with E-state index >= 15 is 0 Å². The second-order valence-electron chi connectivity index (χ2n) is 1.81. The molecule has 0 fully saturated rings. The Kier molecular flexibility index (Phi) is 3.19. The number of carbonyl (C=O) groups is 1. The lowest BCUT2D eigenvalue weighted by molar-refractivity contribution is -0.132. The lowest BCUT2D eigenvalue weighted by Crippen LogP contribution is -1.99. The fourth-order valence-electron chi connectivity index (χ4n) is 0.527. The number of carboxylic acid groups (broad SMARTS) is 1. The summed E-state index contributed by atoms with van der Waals surface area (Å²) in [7, 11) is 0. The average molecular weight is 138 g/mol. The number of hydrogen-bond acceptors (Lipinski definition) is 1. The van der Waals surface area contributed by atoms with Crippen molar-refractivity contribution in [3.8, 4) is 0 Å². The van der Waals surface area contributed by atoms with E-state index < -0.39 is 5.97 Å². The Morgan fingerprint density at radius 1 is 1.40 bits per heavy atom. The molecule has 0 aliphatic rings. The summed E-state index contributed by atoms with van der Waals surface area (Å²) in [5.74, 6) is -0.965. The van der Waals surface area contributed by atoms with Crippen molar-refractivity contribution in [3.63, 3.8) is 0 Å². The predicted octanol–water partition coefficient (Wildman–Crippen LogP) is 1.76. The van der Waals surface area contributed by atoms with Gasteiger partial charge in [-0.05, 0) is 12.5 Å². The van der Waals surface area contributed by atoms with Crippen LogP contribution < -0.4 is 0 Å². The molecular formula is C8H10O2. The minimum Gasteiger partial charge on any atom is -0.478 e. The Hall–Kier alpha value is -1.31. The first kappa shape index (κ1) is 8.69. The monoisotopic (exact) mass is 138 g/mol. The highest BCUT2D eigenvalue weighted by Gasteiger charge is 2.03. The smallest absolute Gasteiger partial charge is 0.335 e. The van der Waals surface area contributed by atoms with Crippen molar-refractivity contribution in [3.05, 3.63) is 36.5 Å². The number of carboxylic acids is 1. The number of hydrogen-bond donors (Lipinski definition) is 1. The average Bonchev–Trinajstić information content (AvgIpc) is 1.88. The van der Waals surface area contributed by atoms with Crippen LogP contribution in [-0.2, 0) is 4.79 Å². The molecule has 0 amide bonds. The number of allylic oxidation sites excluding steroid dienone is 2. The largest absolute Gasteiger partial charge is 0.478 e. The van der Waals surface area contributed by atoms with E-state index in [4.69, 9.17) is 5.11 Å². The van der Waals surface area contributed by atoms with Crippen molar-refractivity contribution < 1.29 is 9.90 Å². The van der Waals surface area contributed by atoms with E-state index in [9.17, 15) is 4.79 Å². The van der Waals surface area contributed by atoms with E-state index in [1.807, 2.05) is 0 Å². The summed E-state index contributed by atoms with van der Waals surface area (Å²) in [5.41, 5.74) is 0.831. The van der Waals surface area contributed by atoms with Crippen LogP contribution in [0.5, 0.6) is 0 Å². The Morgan fingerprint density at radius 3 is 2.00 bits per heavy atom. The Labute approximate surface area is 60.2 Å². The van der Waals surface area contributed by atoms with Crippen LogP contribution in [0.15, 0.2) is 36.5 Å². The minimum absolute atomic E-state index is 0.204. The molecule has 0 spiro atoms. The summed E-state index contributed by atoms with van der Waals surface area (Å²) < 4.78 is 0. The fraction of sp³-hybridized carbons (Fsp3) is 0.125. The Balaban J connectivity index is 4.79. The maximum absolute atomic E-state index is 10.4. The molecule has 0 aromatic heterocycles. The van der Waals surface area contributed by atoms with E-state index in [0.717, 1.165) is 0 Å². The van der Waals surface area contributed by atoms with Gasteiger partial charge in [-0.2, -0.15) is 0 Å². The molecule has 0 aromatic rings. The first-order chi connectivity index (χ1) is 4.63. The highest BCUT2D eigenvalue weighted by molar-refractivity contribution is 5.91. The molecule has 0 bridgehead atoms. The molecular weight excluding hydrogens is 128 g/mol. The van der Waals surface area contributed by atoms with Gasteiger partial charge < -0.3 is 5.11 Å². The van der Waals surface area contributed by atoms with Crippen LogP contribution in [-0.4, -0.2) is 11.1 Å². The molecule has 0 heterocycles. The van der Waals surface area contributed by atoms with E-state index in [1.54, 1.807) is 6.92 Å². The van der Waals surface area contributed by atoms with Gasteiger partial charge in [-0.25, -0.2) is 4.79 Å². The van der Waals surface area contributed by atoms with E-state index in [-0.39, 0.29) is 5.57 Å².